The van der Waals surface area contributed by atoms with Gasteiger partial charge in [-0.1, -0.05) is 0 Å². The number of aliphatic hydroxyl groups is 1. The Morgan fingerprint density at radius 1 is 1.40 bits per heavy atom. The third kappa shape index (κ3) is 1.68. The molecule has 0 bridgehead atoms. The Labute approximate surface area is 83.9 Å². The van der Waals surface area contributed by atoms with E-state index in [4.69, 9.17) is 5.73 Å². The van der Waals surface area contributed by atoms with E-state index in [-0.39, 0.29) is 16.7 Å². The van der Waals surface area contributed by atoms with E-state index in [1.807, 2.05) is 0 Å². The van der Waals surface area contributed by atoms with Gasteiger partial charge in [0.15, 0.2) is 6.29 Å². The number of nitrogens with two attached hydrogens (primary N) is 1. The molecule has 0 aromatic heterocycles. The molecule has 1 aromatic carbocycles. The molecule has 0 saturated heterocycles. The first-order chi connectivity index (χ1) is 6.89. The lowest BCUT2D eigenvalue weighted by Crippen LogP contribution is -2.19. The number of aliphatic hydroxyl groups excluding tert-OH is 1. The number of anilines is 1. The smallest absolute Gasteiger partial charge is 0.407 e. The molecule has 1 unspecified atom stereocenters. The van der Waals surface area contributed by atoms with Gasteiger partial charge in [0.25, 0.3) is 0 Å². The Hall–Kier alpha value is -1.21. The zero-order chi connectivity index (χ0) is 11.2. The molecule has 0 amide bonds. The summed E-state index contributed by atoms with van der Waals surface area (Å²) in [5, 5.41) is 9.22. The first-order valence-corrected chi connectivity index (χ1v) is 4.07. The van der Waals surface area contributed by atoms with Crippen LogP contribution in [-0.2, 0) is 10.8 Å². The van der Waals surface area contributed by atoms with E-state index in [1.165, 1.54) is 6.07 Å². The lowest BCUT2D eigenvalue weighted by molar-refractivity contribution is -0.140. The SMILES string of the molecule is Nc1cc2c(c(C(F)(F)F)c1)C(O)O[B]2. The van der Waals surface area contributed by atoms with Crippen molar-refractivity contribution in [2.75, 3.05) is 5.73 Å². The van der Waals surface area contributed by atoms with E-state index < -0.39 is 18.0 Å². The number of halogens is 3. The molecule has 0 fully saturated rings. The van der Waals surface area contributed by atoms with Crippen LogP contribution in [-0.4, -0.2) is 12.6 Å². The Morgan fingerprint density at radius 2 is 2.07 bits per heavy atom. The first kappa shape index (κ1) is 10.3. The third-order valence-corrected chi connectivity index (χ3v) is 2.11. The van der Waals surface area contributed by atoms with Crippen LogP contribution in [0.5, 0.6) is 0 Å². The van der Waals surface area contributed by atoms with Gasteiger partial charge in [-0.3, -0.25) is 0 Å². The highest BCUT2D eigenvalue weighted by atomic mass is 19.4. The second-order valence-electron chi connectivity index (χ2n) is 3.18. The average Bonchev–Trinajstić information content (AvgIpc) is 2.44. The maximum Gasteiger partial charge on any atom is 0.416 e. The summed E-state index contributed by atoms with van der Waals surface area (Å²) in [4.78, 5) is 0. The maximum atomic E-state index is 12.6. The van der Waals surface area contributed by atoms with Crippen LogP contribution in [0.25, 0.3) is 0 Å². The minimum Gasteiger partial charge on any atom is -0.407 e. The summed E-state index contributed by atoms with van der Waals surface area (Å²) in [5.41, 5.74) is 4.22. The van der Waals surface area contributed by atoms with Crippen LogP contribution in [0.4, 0.5) is 18.9 Å². The quantitative estimate of drug-likeness (QED) is 0.491. The monoisotopic (exact) mass is 216 g/mol. The van der Waals surface area contributed by atoms with Gasteiger partial charge in [-0.05, 0) is 17.6 Å². The van der Waals surface area contributed by atoms with Crippen LogP contribution in [0.1, 0.15) is 17.4 Å². The second-order valence-corrected chi connectivity index (χ2v) is 3.18. The fraction of sp³-hybridized carbons (Fsp3) is 0.250. The van der Waals surface area contributed by atoms with Gasteiger partial charge in [-0.2, -0.15) is 13.2 Å². The van der Waals surface area contributed by atoms with Gasteiger partial charge in [0.2, 0.25) is 0 Å². The summed E-state index contributed by atoms with van der Waals surface area (Å²) in [6.45, 7) is 0. The Balaban J connectivity index is 2.64. The molecule has 1 heterocycles. The predicted octanol–water partition coefficient (Wildman–Crippen LogP) is 0.553. The topological polar surface area (TPSA) is 55.5 Å². The molecule has 1 atom stereocenters. The van der Waals surface area contributed by atoms with Crippen molar-refractivity contribution in [1.29, 1.82) is 0 Å². The van der Waals surface area contributed by atoms with Crippen LogP contribution in [0.3, 0.4) is 0 Å². The predicted molar refractivity (Wildman–Crippen MR) is 47.3 cm³/mol. The molecule has 7 heteroatoms. The molecule has 1 aliphatic rings. The molecule has 2 rings (SSSR count). The van der Waals surface area contributed by atoms with Crippen molar-refractivity contribution in [3.8, 4) is 0 Å². The van der Waals surface area contributed by atoms with Gasteiger partial charge in [-0.25, -0.2) is 0 Å². The summed E-state index contributed by atoms with van der Waals surface area (Å²) >= 11 is 0. The molecule has 0 saturated carbocycles. The Morgan fingerprint density at radius 3 is 2.67 bits per heavy atom. The standard InChI is InChI=1S/C8H6BF3NO2/c10-8(11,12)4-1-3(13)2-5-6(4)7(14)15-9-5/h1-2,7,14H,13H2. The van der Waals surface area contributed by atoms with Crippen LogP contribution >= 0.6 is 0 Å². The first-order valence-electron chi connectivity index (χ1n) is 4.07. The van der Waals surface area contributed by atoms with Crippen molar-refractivity contribution in [3.05, 3.63) is 23.3 Å². The molecule has 1 radical (unpaired) electrons. The molecule has 1 aromatic rings. The molecular formula is C8H6BF3NO2. The number of nitrogen functional groups attached to an aromatic ring is 1. The van der Waals surface area contributed by atoms with E-state index in [9.17, 15) is 18.3 Å². The lowest BCUT2D eigenvalue weighted by atomic mass is 9.84. The number of hydrogen-bond acceptors (Lipinski definition) is 3. The highest BCUT2D eigenvalue weighted by Crippen LogP contribution is 2.36. The molecule has 0 spiro atoms. The Kier molecular flexibility index (Phi) is 2.16. The number of hydrogen-bond donors (Lipinski definition) is 2. The van der Waals surface area contributed by atoms with Gasteiger partial charge in [0.05, 0.1) is 5.56 Å². The number of fused-ring (bicyclic) bond motifs is 1. The van der Waals surface area contributed by atoms with E-state index in [0.29, 0.717) is 0 Å². The average molecular weight is 216 g/mol. The van der Waals surface area contributed by atoms with Crippen molar-refractivity contribution >= 4 is 18.6 Å². The molecule has 79 valence electrons. The number of alkyl halides is 3. The van der Waals surface area contributed by atoms with Crippen molar-refractivity contribution in [1.82, 2.24) is 0 Å². The van der Waals surface area contributed by atoms with Crippen LogP contribution in [0.15, 0.2) is 12.1 Å². The summed E-state index contributed by atoms with van der Waals surface area (Å²) in [6.07, 6.45) is -6.13. The van der Waals surface area contributed by atoms with E-state index in [2.05, 4.69) is 4.65 Å². The summed E-state index contributed by atoms with van der Waals surface area (Å²) in [5.74, 6) is 0. The summed E-state index contributed by atoms with van der Waals surface area (Å²) in [6, 6.07) is 2.10. The summed E-state index contributed by atoms with van der Waals surface area (Å²) < 4.78 is 42.3. The molecule has 15 heavy (non-hydrogen) atoms. The molecule has 1 aliphatic heterocycles. The van der Waals surface area contributed by atoms with Crippen molar-refractivity contribution in [2.24, 2.45) is 0 Å². The van der Waals surface area contributed by atoms with Crippen molar-refractivity contribution in [3.63, 3.8) is 0 Å². The second kappa shape index (κ2) is 3.14. The van der Waals surface area contributed by atoms with E-state index in [1.54, 1.807) is 0 Å². The highest BCUT2D eigenvalue weighted by Gasteiger charge is 2.39. The minimum absolute atomic E-state index is 0.0185. The highest BCUT2D eigenvalue weighted by molar-refractivity contribution is 6.49. The van der Waals surface area contributed by atoms with Gasteiger partial charge in [-0.15, -0.1) is 0 Å². The third-order valence-electron chi connectivity index (χ3n) is 2.11. The largest absolute Gasteiger partial charge is 0.416 e. The lowest BCUT2D eigenvalue weighted by Gasteiger charge is -2.14. The molecule has 3 nitrogen and oxygen atoms in total. The van der Waals surface area contributed by atoms with Gasteiger partial charge >= 0.3 is 13.7 Å². The van der Waals surface area contributed by atoms with Crippen LogP contribution in [0.2, 0.25) is 0 Å². The normalized spacial score (nSPS) is 19.9. The van der Waals surface area contributed by atoms with Gasteiger partial charge < -0.3 is 15.5 Å². The number of rotatable bonds is 0. The fourth-order valence-electron chi connectivity index (χ4n) is 1.51. The molecular weight excluding hydrogens is 210 g/mol. The fourth-order valence-corrected chi connectivity index (χ4v) is 1.51. The van der Waals surface area contributed by atoms with E-state index >= 15 is 0 Å². The van der Waals surface area contributed by atoms with Crippen molar-refractivity contribution in [2.45, 2.75) is 12.5 Å². The molecule has 0 aliphatic carbocycles. The number of benzene rings is 1. The molecule has 3 N–H and O–H groups in total. The van der Waals surface area contributed by atoms with Crippen LogP contribution < -0.4 is 11.2 Å². The van der Waals surface area contributed by atoms with E-state index in [0.717, 1.165) is 13.5 Å². The van der Waals surface area contributed by atoms with Gasteiger partial charge in [0, 0.05) is 11.3 Å². The van der Waals surface area contributed by atoms with Gasteiger partial charge in [0.1, 0.15) is 0 Å². The van der Waals surface area contributed by atoms with Crippen LogP contribution in [0, 0.1) is 0 Å². The minimum atomic E-state index is -4.55. The maximum absolute atomic E-state index is 12.6. The zero-order valence-electron chi connectivity index (χ0n) is 7.38. The van der Waals surface area contributed by atoms with Crippen molar-refractivity contribution < 1.29 is 22.9 Å². The summed E-state index contributed by atoms with van der Waals surface area (Å²) in [7, 11) is 1.06. The zero-order valence-corrected chi connectivity index (χ0v) is 7.38. The Bertz CT molecular complexity index is 408.